The number of halogens is 1. The van der Waals surface area contributed by atoms with Crippen molar-refractivity contribution >= 4 is 17.1 Å². The van der Waals surface area contributed by atoms with E-state index in [4.69, 9.17) is 10.2 Å². The summed E-state index contributed by atoms with van der Waals surface area (Å²) >= 11 is 0. The third-order valence-corrected chi connectivity index (χ3v) is 3.20. The molecule has 0 atom stereocenters. The minimum absolute atomic E-state index is 0.00148. The Balaban J connectivity index is 0.000000263. The molecule has 0 fully saturated rings. The van der Waals surface area contributed by atoms with Gasteiger partial charge in [0.2, 0.25) is 5.82 Å². The van der Waals surface area contributed by atoms with Gasteiger partial charge < -0.3 is 15.5 Å². The number of benzene rings is 2. The monoisotopic (exact) mass is 367 g/mol. The summed E-state index contributed by atoms with van der Waals surface area (Å²) in [5, 5.41) is 41.1. The molecule has 0 aromatic heterocycles. The zero-order valence-corrected chi connectivity index (χ0v) is 13.9. The van der Waals surface area contributed by atoms with Gasteiger partial charge in [0.25, 0.3) is 5.69 Å². The zero-order valence-electron chi connectivity index (χ0n) is 13.9. The lowest BCUT2D eigenvalue weighted by atomic mass is 10.2. The van der Waals surface area contributed by atoms with E-state index in [1.807, 2.05) is 6.92 Å². The van der Waals surface area contributed by atoms with E-state index >= 15 is 0 Å². The van der Waals surface area contributed by atoms with Gasteiger partial charge in [-0.3, -0.25) is 20.2 Å². The van der Waals surface area contributed by atoms with E-state index < -0.39 is 21.4 Å². The van der Waals surface area contributed by atoms with Crippen molar-refractivity contribution in [2.45, 2.75) is 20.1 Å². The van der Waals surface area contributed by atoms with E-state index in [9.17, 15) is 24.6 Å². The first-order valence-electron chi connectivity index (χ1n) is 7.49. The van der Waals surface area contributed by atoms with Crippen molar-refractivity contribution in [3.05, 3.63) is 73.6 Å². The number of aliphatic hydroxyl groups excluding tert-OH is 2. The third kappa shape index (κ3) is 5.76. The van der Waals surface area contributed by atoms with Crippen LogP contribution in [0.5, 0.6) is 0 Å². The van der Waals surface area contributed by atoms with Gasteiger partial charge in [-0.05, 0) is 30.2 Å². The lowest BCUT2D eigenvalue weighted by molar-refractivity contribution is -0.387. The predicted octanol–water partition coefficient (Wildman–Crippen LogP) is 2.75. The minimum atomic E-state index is -0.891. The van der Waals surface area contributed by atoms with E-state index in [1.54, 1.807) is 12.1 Å². The van der Waals surface area contributed by atoms with Crippen LogP contribution >= 0.6 is 0 Å². The number of hydrogen-bond acceptors (Lipinski definition) is 7. The summed E-state index contributed by atoms with van der Waals surface area (Å²) in [5.41, 5.74) is 0.733. The molecule has 0 saturated heterocycles. The molecule has 0 heterocycles. The summed E-state index contributed by atoms with van der Waals surface area (Å²) in [6, 6.07) is 7.90. The third-order valence-electron chi connectivity index (χ3n) is 3.20. The summed E-state index contributed by atoms with van der Waals surface area (Å²) in [7, 11) is 0. The molecule has 26 heavy (non-hydrogen) atoms. The summed E-state index contributed by atoms with van der Waals surface area (Å²) in [6.45, 7) is 1.97. The van der Waals surface area contributed by atoms with Crippen molar-refractivity contribution in [3.8, 4) is 0 Å². The van der Waals surface area contributed by atoms with Crippen LogP contribution in [0, 0.1) is 26.0 Å². The average molecular weight is 367 g/mol. The topological polar surface area (TPSA) is 139 Å². The minimum Gasteiger partial charge on any atom is -0.392 e. The quantitative estimate of drug-likeness (QED) is 0.527. The highest BCUT2D eigenvalue weighted by molar-refractivity contribution is 5.62. The number of hydrogen-bond donors (Lipinski definition) is 3. The molecule has 0 aliphatic rings. The van der Waals surface area contributed by atoms with E-state index in [0.717, 1.165) is 12.1 Å². The first-order chi connectivity index (χ1) is 12.3. The summed E-state index contributed by atoms with van der Waals surface area (Å²) in [6.07, 6.45) is 0. The maximum atomic E-state index is 12.6. The number of anilines is 1. The predicted molar refractivity (Wildman–Crippen MR) is 92.2 cm³/mol. The maximum Gasteiger partial charge on any atom is 0.305 e. The fraction of sp³-hybridized carbons (Fsp3) is 0.250. The zero-order chi connectivity index (χ0) is 19.7. The Morgan fingerprint density at radius 1 is 0.962 bits per heavy atom. The average Bonchev–Trinajstić information content (AvgIpc) is 2.63. The van der Waals surface area contributed by atoms with Crippen LogP contribution in [0.15, 0.2) is 36.4 Å². The Kier molecular flexibility index (Phi) is 8.06. The summed E-state index contributed by atoms with van der Waals surface area (Å²) < 4.78 is 12.6. The summed E-state index contributed by atoms with van der Waals surface area (Å²) in [4.78, 5) is 19.5. The molecule has 0 radical (unpaired) electrons. The van der Waals surface area contributed by atoms with E-state index in [2.05, 4.69) is 5.32 Å². The molecule has 0 aliphatic heterocycles. The van der Waals surface area contributed by atoms with Gasteiger partial charge in [-0.15, -0.1) is 0 Å². The fourth-order valence-corrected chi connectivity index (χ4v) is 1.96. The molecule has 9 nitrogen and oxygen atoms in total. The normalized spacial score (nSPS) is 9.85. The largest absolute Gasteiger partial charge is 0.392 e. The number of aliphatic hydroxyl groups is 2. The summed E-state index contributed by atoms with van der Waals surface area (Å²) in [5.74, 6) is -0.891. The molecule has 0 amide bonds. The molecule has 0 spiro atoms. The molecule has 0 aliphatic carbocycles. The van der Waals surface area contributed by atoms with Gasteiger partial charge in [0.15, 0.2) is 0 Å². The van der Waals surface area contributed by atoms with Crippen LogP contribution in [-0.4, -0.2) is 26.6 Å². The van der Waals surface area contributed by atoms with Crippen molar-refractivity contribution in [3.63, 3.8) is 0 Å². The standard InChI is InChI=1S/C9H12N2O3.C7H6FNO3/c1-2-10-8-4-3-7(6-12)5-9(8)11(13)14;8-6-2-1-5(4-10)3-7(6)9(11)12/h3-5,10,12H,2,6H2,1H3;1-3,10H,4H2. The van der Waals surface area contributed by atoms with Crippen LogP contribution in [0.25, 0.3) is 0 Å². The van der Waals surface area contributed by atoms with Gasteiger partial charge in [0.05, 0.1) is 23.1 Å². The van der Waals surface area contributed by atoms with Crippen LogP contribution in [0.2, 0.25) is 0 Å². The number of nitrogens with zero attached hydrogens (tertiary/aromatic N) is 2. The van der Waals surface area contributed by atoms with Gasteiger partial charge in [-0.25, -0.2) is 0 Å². The second kappa shape index (κ2) is 10.0. The highest BCUT2D eigenvalue weighted by Gasteiger charge is 2.14. The van der Waals surface area contributed by atoms with E-state index in [1.165, 1.54) is 12.1 Å². The second-order valence-corrected chi connectivity index (χ2v) is 5.00. The molecule has 0 saturated carbocycles. The Labute approximate surface area is 148 Å². The van der Waals surface area contributed by atoms with Crippen molar-refractivity contribution in [2.75, 3.05) is 11.9 Å². The van der Waals surface area contributed by atoms with Crippen molar-refractivity contribution in [1.29, 1.82) is 0 Å². The Morgan fingerprint density at radius 2 is 1.46 bits per heavy atom. The van der Waals surface area contributed by atoms with Crippen LogP contribution < -0.4 is 5.32 Å². The van der Waals surface area contributed by atoms with Crippen LogP contribution in [0.1, 0.15) is 18.1 Å². The van der Waals surface area contributed by atoms with E-state index in [0.29, 0.717) is 23.4 Å². The van der Waals surface area contributed by atoms with Gasteiger partial charge in [-0.2, -0.15) is 4.39 Å². The molecule has 2 aromatic carbocycles. The molecule has 0 bridgehead atoms. The van der Waals surface area contributed by atoms with Gasteiger partial charge in [0.1, 0.15) is 5.69 Å². The molecule has 2 aromatic rings. The molecular weight excluding hydrogens is 349 g/mol. The molecule has 10 heteroatoms. The van der Waals surface area contributed by atoms with E-state index in [-0.39, 0.29) is 18.9 Å². The SMILES string of the molecule is CCNc1ccc(CO)cc1[N+](=O)[O-].O=[N+]([O-])c1cc(CO)ccc1F. The molecule has 2 rings (SSSR count). The lowest BCUT2D eigenvalue weighted by Gasteiger charge is -2.05. The van der Waals surface area contributed by atoms with Gasteiger partial charge in [0, 0.05) is 18.7 Å². The second-order valence-electron chi connectivity index (χ2n) is 5.00. The maximum absolute atomic E-state index is 12.6. The van der Waals surface area contributed by atoms with Crippen molar-refractivity contribution in [2.24, 2.45) is 0 Å². The highest BCUT2D eigenvalue weighted by atomic mass is 19.1. The van der Waals surface area contributed by atoms with Crippen molar-refractivity contribution in [1.82, 2.24) is 0 Å². The van der Waals surface area contributed by atoms with Crippen LogP contribution in [0.4, 0.5) is 21.5 Å². The Morgan fingerprint density at radius 3 is 1.92 bits per heavy atom. The molecule has 140 valence electrons. The number of nitrogens with one attached hydrogen (secondary N) is 1. The lowest BCUT2D eigenvalue weighted by Crippen LogP contribution is -2.01. The Hall–Kier alpha value is -3.11. The number of nitro benzene ring substituents is 2. The number of rotatable bonds is 6. The van der Waals surface area contributed by atoms with Crippen LogP contribution in [-0.2, 0) is 13.2 Å². The first-order valence-corrected chi connectivity index (χ1v) is 7.49. The molecular formula is C16H18FN3O6. The first kappa shape index (κ1) is 20.9. The number of nitro groups is 2. The molecule has 3 N–H and O–H groups in total. The van der Waals surface area contributed by atoms with Gasteiger partial charge >= 0.3 is 5.69 Å². The highest BCUT2D eigenvalue weighted by Crippen LogP contribution is 2.25. The van der Waals surface area contributed by atoms with Crippen molar-refractivity contribution < 1.29 is 24.5 Å². The van der Waals surface area contributed by atoms with Crippen LogP contribution in [0.3, 0.4) is 0 Å². The molecule has 0 unspecified atom stereocenters. The smallest absolute Gasteiger partial charge is 0.305 e. The van der Waals surface area contributed by atoms with Gasteiger partial charge in [-0.1, -0.05) is 12.1 Å². The Bertz CT molecular complexity index is 785. The fourth-order valence-electron chi connectivity index (χ4n) is 1.96.